The van der Waals surface area contributed by atoms with E-state index in [0.717, 1.165) is 5.56 Å². The van der Waals surface area contributed by atoms with Crippen LogP contribution in [0.1, 0.15) is 31.9 Å². The van der Waals surface area contributed by atoms with E-state index < -0.39 is 0 Å². The van der Waals surface area contributed by atoms with Crippen LogP contribution in [0, 0.1) is 0 Å². The molecule has 0 saturated carbocycles. The fourth-order valence-electron chi connectivity index (χ4n) is 3.29. The summed E-state index contributed by atoms with van der Waals surface area (Å²) in [5, 5.41) is 0.429. The molecule has 1 heterocycles. The summed E-state index contributed by atoms with van der Waals surface area (Å²) in [4.78, 5) is 12.8. The standard InChI is InChI=1S/C27H26O5/c1-27(2,3)19-7-5-18(6-8-19)16-30-22-13-14-23-24(15-22)31-17-25(26(23)28)32-21-11-9-20(29-4)10-12-21/h5-15,17H,16H2,1-4H3. The van der Waals surface area contributed by atoms with Crippen molar-refractivity contribution in [2.24, 2.45) is 0 Å². The van der Waals surface area contributed by atoms with Crippen molar-refractivity contribution in [3.05, 3.63) is 94.3 Å². The van der Waals surface area contributed by atoms with Crippen LogP contribution in [-0.2, 0) is 12.0 Å². The fraction of sp³-hybridized carbons (Fsp3) is 0.222. The van der Waals surface area contributed by atoms with Crippen molar-refractivity contribution in [1.29, 1.82) is 0 Å². The Balaban J connectivity index is 1.48. The molecule has 4 rings (SSSR count). The number of hydrogen-bond donors (Lipinski definition) is 0. The van der Waals surface area contributed by atoms with Crippen molar-refractivity contribution in [2.45, 2.75) is 32.8 Å². The van der Waals surface area contributed by atoms with Gasteiger partial charge >= 0.3 is 0 Å². The number of methoxy groups -OCH3 is 1. The van der Waals surface area contributed by atoms with Gasteiger partial charge in [0, 0.05) is 6.07 Å². The zero-order chi connectivity index (χ0) is 22.7. The molecule has 32 heavy (non-hydrogen) atoms. The van der Waals surface area contributed by atoms with Crippen LogP contribution in [0.5, 0.6) is 23.0 Å². The van der Waals surface area contributed by atoms with Gasteiger partial charge in [-0.3, -0.25) is 4.79 Å². The second-order valence-electron chi connectivity index (χ2n) is 8.60. The predicted molar refractivity (Wildman–Crippen MR) is 125 cm³/mol. The molecular weight excluding hydrogens is 404 g/mol. The minimum absolute atomic E-state index is 0.116. The van der Waals surface area contributed by atoms with Crippen molar-refractivity contribution in [3.8, 4) is 23.0 Å². The van der Waals surface area contributed by atoms with Crippen LogP contribution in [0.3, 0.4) is 0 Å². The molecule has 3 aromatic carbocycles. The summed E-state index contributed by atoms with van der Waals surface area (Å²) < 4.78 is 22.4. The van der Waals surface area contributed by atoms with Crippen LogP contribution < -0.4 is 19.6 Å². The number of fused-ring (bicyclic) bond motifs is 1. The highest BCUT2D eigenvalue weighted by molar-refractivity contribution is 5.79. The van der Waals surface area contributed by atoms with Gasteiger partial charge in [-0.25, -0.2) is 0 Å². The van der Waals surface area contributed by atoms with Crippen LogP contribution in [-0.4, -0.2) is 7.11 Å². The summed E-state index contributed by atoms with van der Waals surface area (Å²) in [5.74, 6) is 1.98. The highest BCUT2D eigenvalue weighted by Crippen LogP contribution is 2.26. The lowest BCUT2D eigenvalue weighted by Gasteiger charge is -2.19. The molecule has 1 aromatic heterocycles. The van der Waals surface area contributed by atoms with Gasteiger partial charge in [0.1, 0.15) is 35.7 Å². The second kappa shape index (κ2) is 8.79. The molecule has 0 saturated heterocycles. The van der Waals surface area contributed by atoms with Gasteiger partial charge < -0.3 is 18.6 Å². The first-order valence-electron chi connectivity index (χ1n) is 10.4. The Labute approximate surface area is 187 Å². The van der Waals surface area contributed by atoms with Crippen LogP contribution in [0.2, 0.25) is 0 Å². The lowest BCUT2D eigenvalue weighted by atomic mass is 9.87. The maximum absolute atomic E-state index is 12.8. The third-order valence-electron chi connectivity index (χ3n) is 5.23. The number of hydrogen-bond acceptors (Lipinski definition) is 5. The van der Waals surface area contributed by atoms with Gasteiger partial charge in [0.05, 0.1) is 12.5 Å². The van der Waals surface area contributed by atoms with E-state index in [2.05, 4.69) is 45.0 Å². The fourth-order valence-corrected chi connectivity index (χ4v) is 3.29. The third-order valence-corrected chi connectivity index (χ3v) is 5.23. The SMILES string of the molecule is COc1ccc(Oc2coc3cc(OCc4ccc(C(C)(C)C)cc4)ccc3c2=O)cc1. The maximum Gasteiger partial charge on any atom is 0.235 e. The Morgan fingerprint density at radius 1 is 0.844 bits per heavy atom. The zero-order valence-electron chi connectivity index (χ0n) is 18.7. The molecule has 164 valence electrons. The van der Waals surface area contributed by atoms with E-state index >= 15 is 0 Å². The third kappa shape index (κ3) is 4.78. The highest BCUT2D eigenvalue weighted by Gasteiger charge is 2.13. The molecule has 0 radical (unpaired) electrons. The lowest BCUT2D eigenvalue weighted by molar-refractivity contribution is 0.306. The first kappa shape index (κ1) is 21.5. The topological polar surface area (TPSA) is 57.9 Å². The van der Waals surface area contributed by atoms with Gasteiger partial charge in [-0.2, -0.15) is 0 Å². The Morgan fingerprint density at radius 3 is 2.16 bits per heavy atom. The van der Waals surface area contributed by atoms with Crippen molar-refractivity contribution >= 4 is 11.0 Å². The summed E-state index contributed by atoms with van der Waals surface area (Å²) in [7, 11) is 1.59. The van der Waals surface area contributed by atoms with E-state index in [1.165, 1.54) is 11.8 Å². The molecule has 0 aliphatic rings. The summed E-state index contributed by atoms with van der Waals surface area (Å²) >= 11 is 0. The van der Waals surface area contributed by atoms with Gasteiger partial charge in [0.25, 0.3) is 0 Å². The molecular formula is C27H26O5. The second-order valence-corrected chi connectivity index (χ2v) is 8.60. The Kier molecular flexibility index (Phi) is 5.91. The summed E-state index contributed by atoms with van der Waals surface area (Å²) in [6, 6.07) is 20.6. The van der Waals surface area contributed by atoms with Crippen molar-refractivity contribution in [1.82, 2.24) is 0 Å². The normalized spacial score (nSPS) is 11.4. The molecule has 0 unspecified atom stereocenters. The zero-order valence-corrected chi connectivity index (χ0v) is 18.7. The number of benzene rings is 3. The van der Waals surface area contributed by atoms with Gasteiger partial charge in [-0.15, -0.1) is 0 Å². The number of rotatable bonds is 6. The first-order chi connectivity index (χ1) is 15.3. The van der Waals surface area contributed by atoms with E-state index in [1.54, 1.807) is 49.6 Å². The predicted octanol–water partition coefficient (Wildman–Crippen LogP) is 6.47. The van der Waals surface area contributed by atoms with Gasteiger partial charge in [-0.1, -0.05) is 45.0 Å². The molecule has 0 amide bonds. The van der Waals surface area contributed by atoms with Crippen LogP contribution in [0.4, 0.5) is 0 Å². The Hall–Kier alpha value is -3.73. The van der Waals surface area contributed by atoms with Crippen LogP contribution in [0.15, 0.2) is 82.2 Å². The van der Waals surface area contributed by atoms with Gasteiger partial charge in [0.15, 0.2) is 0 Å². The number of ether oxygens (including phenoxy) is 3. The van der Waals surface area contributed by atoms with Crippen molar-refractivity contribution < 1.29 is 18.6 Å². The molecule has 4 aromatic rings. The molecule has 0 fully saturated rings. The molecule has 0 bridgehead atoms. The monoisotopic (exact) mass is 430 g/mol. The van der Waals surface area contributed by atoms with Gasteiger partial charge in [0.2, 0.25) is 11.2 Å². The molecule has 5 heteroatoms. The maximum atomic E-state index is 12.8. The Bertz CT molecular complexity index is 1260. The quantitative estimate of drug-likeness (QED) is 0.351. The first-order valence-corrected chi connectivity index (χ1v) is 10.4. The van der Waals surface area contributed by atoms with E-state index in [1.807, 2.05) is 0 Å². The smallest absolute Gasteiger partial charge is 0.235 e. The van der Waals surface area contributed by atoms with Crippen LogP contribution in [0.25, 0.3) is 11.0 Å². The average molecular weight is 431 g/mol. The van der Waals surface area contributed by atoms with Crippen LogP contribution >= 0.6 is 0 Å². The minimum Gasteiger partial charge on any atom is -0.497 e. The van der Waals surface area contributed by atoms with Crippen molar-refractivity contribution in [2.75, 3.05) is 7.11 Å². The van der Waals surface area contributed by atoms with E-state index in [4.69, 9.17) is 18.6 Å². The molecule has 0 atom stereocenters. The average Bonchev–Trinajstić information content (AvgIpc) is 2.79. The van der Waals surface area contributed by atoms with Gasteiger partial charge in [-0.05, 0) is 52.9 Å². The Morgan fingerprint density at radius 2 is 1.50 bits per heavy atom. The lowest BCUT2D eigenvalue weighted by Crippen LogP contribution is -2.10. The summed E-state index contributed by atoms with van der Waals surface area (Å²) in [5.41, 5.74) is 2.67. The summed E-state index contributed by atoms with van der Waals surface area (Å²) in [6.45, 7) is 7.00. The molecule has 0 aliphatic carbocycles. The molecule has 0 aliphatic heterocycles. The molecule has 0 N–H and O–H groups in total. The minimum atomic E-state index is -0.244. The summed E-state index contributed by atoms with van der Waals surface area (Å²) in [6.07, 6.45) is 1.32. The van der Waals surface area contributed by atoms with E-state index in [0.29, 0.717) is 34.8 Å². The molecule has 0 spiro atoms. The largest absolute Gasteiger partial charge is 0.497 e. The van der Waals surface area contributed by atoms with E-state index in [-0.39, 0.29) is 16.6 Å². The molecule has 5 nitrogen and oxygen atoms in total. The highest BCUT2D eigenvalue weighted by atomic mass is 16.5. The van der Waals surface area contributed by atoms with Crippen molar-refractivity contribution in [3.63, 3.8) is 0 Å². The van der Waals surface area contributed by atoms with E-state index in [9.17, 15) is 4.79 Å².